The van der Waals surface area contributed by atoms with Gasteiger partial charge in [-0.25, -0.2) is 0 Å². The summed E-state index contributed by atoms with van der Waals surface area (Å²) in [6, 6.07) is 129. The second-order valence-electron chi connectivity index (χ2n) is 32.5. The Morgan fingerprint density at radius 2 is 0.579 bits per heavy atom. The standard InChI is InChI=1S/C102H83BN4/c1-100(2,3)76-54-74(55-77(61-76)101(4,5)6)75-59-96-98-97(60-75)107(99-85(69-37-21-13-22-38-69)62-78(102(7,8)9)63-86(99)70-39-23-14-24-40-70)94-58-71(66-31-15-10-16-32-66)47-50-88(94)103(98)89-51-48-80(65-95(89)106(96)81-56-72(67-33-17-11-18-34-67)53-73(57-81)68-35-19-12-20-36-68)105-92-46-30-27-43-84(92)87-64-79(49-52-93(87)105)104-90-44-28-25-41-82(90)83-42-26-29-45-91(83)104/h10-65H,1-9H3. The van der Waals surface area contributed by atoms with Crippen LogP contribution >= 0.6 is 0 Å². The predicted octanol–water partition coefficient (Wildman–Crippen LogP) is 25.9. The Balaban J connectivity index is 0.963. The minimum Gasteiger partial charge on any atom is -0.311 e. The topological polar surface area (TPSA) is 16.3 Å². The summed E-state index contributed by atoms with van der Waals surface area (Å²) in [7, 11) is 0. The van der Waals surface area contributed by atoms with Crippen LogP contribution in [0.4, 0.5) is 34.1 Å². The van der Waals surface area contributed by atoms with Crippen molar-refractivity contribution in [3.8, 4) is 78.1 Å². The fourth-order valence-electron chi connectivity index (χ4n) is 17.2. The Morgan fingerprint density at radius 3 is 1.07 bits per heavy atom. The van der Waals surface area contributed by atoms with Crippen molar-refractivity contribution in [1.29, 1.82) is 0 Å². The van der Waals surface area contributed by atoms with Crippen LogP contribution in [0, 0.1) is 0 Å². The van der Waals surface area contributed by atoms with E-state index in [9.17, 15) is 0 Å². The molecule has 17 aromatic rings. The summed E-state index contributed by atoms with van der Waals surface area (Å²) in [6.45, 7) is 21.0. The first-order valence-corrected chi connectivity index (χ1v) is 37.8. The lowest BCUT2D eigenvalue weighted by atomic mass is 9.33. The molecule has 19 rings (SSSR count). The molecule has 0 amide bonds. The van der Waals surface area contributed by atoms with Crippen LogP contribution in [0.3, 0.4) is 0 Å². The fraction of sp³-hybridized carbons (Fsp3) is 0.118. The van der Waals surface area contributed by atoms with Crippen molar-refractivity contribution in [2.24, 2.45) is 0 Å². The van der Waals surface area contributed by atoms with E-state index in [2.05, 4.69) is 421 Å². The number of fused-ring (bicyclic) bond motifs is 10. The molecule has 0 saturated heterocycles. The van der Waals surface area contributed by atoms with Crippen molar-refractivity contribution in [2.45, 2.75) is 78.6 Å². The minimum absolute atomic E-state index is 0.154. The molecule has 0 N–H and O–H groups in total. The second-order valence-corrected chi connectivity index (χ2v) is 32.5. The molecular formula is C102H83BN4. The van der Waals surface area contributed by atoms with Crippen LogP contribution in [0.25, 0.3) is 122 Å². The zero-order chi connectivity index (χ0) is 72.6. The Labute approximate surface area is 628 Å². The molecule has 4 nitrogen and oxygen atoms in total. The lowest BCUT2D eigenvalue weighted by molar-refractivity contribution is 0.569. The highest BCUT2D eigenvalue weighted by atomic mass is 15.2. The Morgan fingerprint density at radius 1 is 0.224 bits per heavy atom. The molecule has 0 aliphatic carbocycles. The highest BCUT2D eigenvalue weighted by Gasteiger charge is 2.46. The molecule has 0 fully saturated rings. The van der Waals surface area contributed by atoms with E-state index in [1.807, 2.05) is 0 Å². The molecule has 0 atom stereocenters. The third-order valence-electron chi connectivity index (χ3n) is 22.7. The lowest BCUT2D eigenvalue weighted by Crippen LogP contribution is -2.61. The third-order valence-corrected chi connectivity index (χ3v) is 22.7. The molecule has 15 aromatic carbocycles. The minimum atomic E-state index is -0.233. The molecule has 4 heterocycles. The molecule has 0 radical (unpaired) electrons. The molecule has 2 aromatic heterocycles. The molecule has 2 aliphatic heterocycles. The quantitative estimate of drug-likeness (QED) is 0.127. The van der Waals surface area contributed by atoms with Crippen molar-refractivity contribution in [1.82, 2.24) is 9.13 Å². The smallest absolute Gasteiger partial charge is 0.252 e. The SMILES string of the molecule is CC(C)(C)c1cc(-c2cc3c4c(c2)N(c2c(-c5ccccc5)cc(C(C)(C)C)cc2-c2ccccc2)c2cc(-c5ccccc5)ccc2B4c2ccc(-n4c5ccccc5c5cc(-n6c7ccccc7c7ccccc76)ccc54)cc2N3c2cc(-c3ccccc3)cc(-c3ccccc3)c2)cc(C(C)(C)C)c1. The van der Waals surface area contributed by atoms with Gasteiger partial charge in [0.25, 0.3) is 6.71 Å². The lowest BCUT2D eigenvalue weighted by Gasteiger charge is -2.45. The fourth-order valence-corrected chi connectivity index (χ4v) is 17.2. The number of hydrogen-bond donors (Lipinski definition) is 0. The van der Waals surface area contributed by atoms with Crippen LogP contribution in [0.15, 0.2) is 340 Å². The molecule has 0 saturated carbocycles. The summed E-state index contributed by atoms with van der Waals surface area (Å²) in [4.78, 5) is 5.39. The Hall–Kier alpha value is -12.4. The first-order chi connectivity index (χ1) is 52.0. The molecular weight excluding hydrogens is 1290 g/mol. The zero-order valence-corrected chi connectivity index (χ0v) is 62.2. The van der Waals surface area contributed by atoms with Crippen molar-refractivity contribution in [2.75, 3.05) is 9.80 Å². The molecule has 107 heavy (non-hydrogen) atoms. The van der Waals surface area contributed by atoms with Crippen molar-refractivity contribution in [3.63, 3.8) is 0 Å². The van der Waals surface area contributed by atoms with Gasteiger partial charge in [-0.2, -0.15) is 0 Å². The van der Waals surface area contributed by atoms with Crippen LogP contribution in [-0.4, -0.2) is 15.8 Å². The third kappa shape index (κ3) is 11.1. The second kappa shape index (κ2) is 25.1. The number of hydrogen-bond acceptors (Lipinski definition) is 2. The summed E-state index contributed by atoms with van der Waals surface area (Å²) in [5.41, 5.74) is 34.6. The first-order valence-electron chi connectivity index (χ1n) is 37.8. The van der Waals surface area contributed by atoms with Crippen LogP contribution in [0.5, 0.6) is 0 Å². The van der Waals surface area contributed by atoms with Gasteiger partial charge in [-0.05, 0) is 202 Å². The summed E-state index contributed by atoms with van der Waals surface area (Å²) < 4.78 is 4.97. The maximum atomic E-state index is 2.72. The van der Waals surface area contributed by atoms with Crippen LogP contribution < -0.4 is 26.2 Å². The van der Waals surface area contributed by atoms with Gasteiger partial charge in [0.1, 0.15) is 0 Å². The largest absolute Gasteiger partial charge is 0.311 e. The van der Waals surface area contributed by atoms with E-state index in [0.717, 1.165) is 101 Å². The summed E-state index contributed by atoms with van der Waals surface area (Å²) in [5, 5.41) is 4.89. The number of aromatic nitrogens is 2. The molecule has 0 unspecified atom stereocenters. The number of anilines is 6. The van der Waals surface area contributed by atoms with Gasteiger partial charge in [0.2, 0.25) is 0 Å². The Bertz CT molecular complexity index is 6160. The van der Waals surface area contributed by atoms with E-state index >= 15 is 0 Å². The van der Waals surface area contributed by atoms with E-state index in [1.54, 1.807) is 0 Å². The predicted molar refractivity (Wildman–Crippen MR) is 458 cm³/mol. The van der Waals surface area contributed by atoms with Gasteiger partial charge in [-0.15, -0.1) is 0 Å². The van der Waals surface area contributed by atoms with Gasteiger partial charge in [-0.3, -0.25) is 0 Å². The van der Waals surface area contributed by atoms with E-state index in [4.69, 9.17) is 0 Å². The van der Waals surface area contributed by atoms with Gasteiger partial charge in [0.15, 0.2) is 0 Å². The van der Waals surface area contributed by atoms with Crippen molar-refractivity contribution < 1.29 is 0 Å². The maximum Gasteiger partial charge on any atom is 0.252 e. The van der Waals surface area contributed by atoms with Gasteiger partial charge in [0, 0.05) is 72.5 Å². The van der Waals surface area contributed by atoms with E-state index < -0.39 is 0 Å². The number of rotatable bonds is 10. The van der Waals surface area contributed by atoms with E-state index in [-0.39, 0.29) is 23.0 Å². The number of benzene rings is 15. The molecule has 514 valence electrons. The normalized spacial score (nSPS) is 12.9. The van der Waals surface area contributed by atoms with Crippen LogP contribution in [-0.2, 0) is 16.2 Å². The average Bonchev–Trinajstić information content (AvgIpc) is 1.44. The van der Waals surface area contributed by atoms with Gasteiger partial charge < -0.3 is 18.9 Å². The van der Waals surface area contributed by atoms with E-state index in [0.29, 0.717) is 0 Å². The van der Waals surface area contributed by atoms with Gasteiger partial charge in [0.05, 0.1) is 27.8 Å². The summed E-state index contributed by atoms with van der Waals surface area (Å²) in [6.07, 6.45) is 0. The number of nitrogens with zero attached hydrogens (tertiary/aromatic N) is 4. The summed E-state index contributed by atoms with van der Waals surface area (Å²) in [5.74, 6) is 0. The van der Waals surface area contributed by atoms with Crippen molar-refractivity contribution >= 4 is 101 Å². The summed E-state index contributed by atoms with van der Waals surface area (Å²) >= 11 is 0. The number of para-hydroxylation sites is 3. The highest BCUT2D eigenvalue weighted by molar-refractivity contribution is 7.00. The van der Waals surface area contributed by atoms with Gasteiger partial charge in [-0.1, -0.05) is 305 Å². The monoisotopic (exact) mass is 1370 g/mol. The van der Waals surface area contributed by atoms with E-state index in [1.165, 1.54) is 87.9 Å². The molecule has 0 bridgehead atoms. The Kier molecular flexibility index (Phi) is 15.4. The molecule has 0 spiro atoms. The van der Waals surface area contributed by atoms with Crippen LogP contribution in [0.1, 0.15) is 79.0 Å². The van der Waals surface area contributed by atoms with Crippen molar-refractivity contribution in [3.05, 3.63) is 356 Å². The molecule has 5 heteroatoms. The van der Waals surface area contributed by atoms with Crippen LogP contribution in [0.2, 0.25) is 0 Å². The zero-order valence-electron chi connectivity index (χ0n) is 62.2. The molecule has 2 aliphatic rings. The maximum absolute atomic E-state index is 2.72. The van der Waals surface area contributed by atoms with Gasteiger partial charge >= 0.3 is 0 Å². The highest BCUT2D eigenvalue weighted by Crippen LogP contribution is 2.54. The average molecular weight is 1380 g/mol. The first kappa shape index (κ1) is 65.3.